The van der Waals surface area contributed by atoms with E-state index in [1.807, 2.05) is 29.2 Å². The number of aromatic nitrogens is 1. The number of fused-ring (bicyclic) bond motifs is 1. The summed E-state index contributed by atoms with van der Waals surface area (Å²) in [5.41, 5.74) is 14.8. The number of piperidine rings is 1. The van der Waals surface area contributed by atoms with Crippen LogP contribution in [0.4, 0.5) is 17.2 Å². The monoisotopic (exact) mass is 560 g/mol. The molecule has 0 saturated carbocycles. The minimum absolute atomic E-state index is 0.0126. The molecule has 4 rings (SSSR count). The lowest BCUT2D eigenvalue weighted by atomic mass is 9.97. The van der Waals surface area contributed by atoms with Gasteiger partial charge in [0.1, 0.15) is 11.7 Å². The Bertz CT molecular complexity index is 1240. The van der Waals surface area contributed by atoms with E-state index in [1.165, 1.54) is 0 Å². The highest BCUT2D eigenvalue weighted by Crippen LogP contribution is 2.29. The fourth-order valence-corrected chi connectivity index (χ4v) is 5.35. The van der Waals surface area contributed by atoms with Gasteiger partial charge in [0.25, 0.3) is 5.91 Å². The molecule has 1 aromatic carbocycles. The van der Waals surface area contributed by atoms with Crippen LogP contribution in [0.25, 0.3) is 6.08 Å². The number of nitrogens with two attached hydrogens (primary N) is 2. The van der Waals surface area contributed by atoms with Gasteiger partial charge in [-0.25, -0.2) is 9.98 Å². The van der Waals surface area contributed by atoms with Gasteiger partial charge in [0.05, 0.1) is 17.6 Å². The summed E-state index contributed by atoms with van der Waals surface area (Å²) in [6, 6.07) is 9.11. The number of hydrogen-bond acceptors (Lipinski definition) is 8. The third-order valence-electron chi connectivity index (χ3n) is 7.51. The van der Waals surface area contributed by atoms with Crippen molar-refractivity contribution in [3.63, 3.8) is 0 Å². The van der Waals surface area contributed by atoms with Crippen molar-refractivity contribution in [3.05, 3.63) is 53.2 Å². The summed E-state index contributed by atoms with van der Waals surface area (Å²) < 4.78 is 0. The molecule has 1 saturated heterocycles. The predicted octanol–water partition coefficient (Wildman–Crippen LogP) is 3.52. The summed E-state index contributed by atoms with van der Waals surface area (Å²) >= 11 is 0. The second kappa shape index (κ2) is 14.7. The number of hydrogen-bond donors (Lipinski definition) is 4. The third-order valence-corrected chi connectivity index (χ3v) is 7.51. The van der Waals surface area contributed by atoms with Gasteiger partial charge < -0.3 is 31.9 Å². The van der Waals surface area contributed by atoms with Gasteiger partial charge in [-0.3, -0.25) is 9.59 Å². The van der Waals surface area contributed by atoms with Crippen LogP contribution in [-0.4, -0.2) is 73.3 Å². The zero-order chi connectivity index (χ0) is 29.2. The molecule has 220 valence electrons. The Kier molecular flexibility index (Phi) is 10.9. The highest BCUT2D eigenvalue weighted by atomic mass is 16.2. The molecule has 2 aromatic rings. The molecule has 10 heteroatoms. The minimum atomic E-state index is -0.261. The van der Waals surface area contributed by atoms with Crippen LogP contribution in [0.5, 0.6) is 0 Å². The Morgan fingerprint density at radius 3 is 2.51 bits per heavy atom. The quantitative estimate of drug-likeness (QED) is 0.291. The predicted molar refractivity (Wildman–Crippen MR) is 167 cm³/mol. The largest absolute Gasteiger partial charge is 0.387 e. The minimum Gasteiger partial charge on any atom is -0.387 e. The van der Waals surface area contributed by atoms with Crippen LogP contribution in [0.3, 0.4) is 0 Å². The molecule has 2 aliphatic heterocycles. The molecule has 0 radical (unpaired) electrons. The summed E-state index contributed by atoms with van der Waals surface area (Å²) in [5.74, 6) is 1.66. The van der Waals surface area contributed by atoms with Crippen LogP contribution in [0.2, 0.25) is 0 Å². The number of anilines is 2. The summed E-state index contributed by atoms with van der Waals surface area (Å²) in [6.45, 7) is 9.99. The van der Waals surface area contributed by atoms with Gasteiger partial charge in [0, 0.05) is 62.4 Å². The fraction of sp³-hybridized carbons (Fsp3) is 0.484. The number of amidine groups is 1. The van der Waals surface area contributed by atoms with Gasteiger partial charge in [-0.1, -0.05) is 19.9 Å². The smallest absolute Gasteiger partial charge is 0.255 e. The number of rotatable bonds is 12. The van der Waals surface area contributed by atoms with Gasteiger partial charge in [0.15, 0.2) is 0 Å². The summed E-state index contributed by atoms with van der Waals surface area (Å²) in [4.78, 5) is 39.6. The van der Waals surface area contributed by atoms with Gasteiger partial charge in [-0.05, 0) is 68.5 Å². The first-order chi connectivity index (χ1) is 19.9. The molecule has 0 spiro atoms. The molecule has 10 nitrogen and oxygen atoms in total. The Labute approximate surface area is 243 Å². The molecular weight excluding hydrogens is 516 g/mol. The van der Waals surface area contributed by atoms with E-state index < -0.39 is 0 Å². The Hall–Kier alpha value is -3.76. The molecule has 0 unspecified atom stereocenters. The number of nitrogens with one attached hydrogen (secondary N) is 2. The van der Waals surface area contributed by atoms with E-state index in [2.05, 4.69) is 39.4 Å². The number of carbonyl (C=O) groups is 2. The lowest BCUT2D eigenvalue weighted by Gasteiger charge is -2.33. The zero-order valence-electron chi connectivity index (χ0n) is 24.4. The van der Waals surface area contributed by atoms with E-state index in [0.29, 0.717) is 53.9 Å². The molecule has 1 aromatic heterocycles. The van der Waals surface area contributed by atoms with E-state index in [4.69, 9.17) is 11.5 Å². The van der Waals surface area contributed by atoms with Crippen molar-refractivity contribution in [3.8, 4) is 0 Å². The first-order valence-corrected chi connectivity index (χ1v) is 14.8. The van der Waals surface area contributed by atoms with Crippen molar-refractivity contribution in [1.29, 1.82) is 0 Å². The number of benzene rings is 1. The van der Waals surface area contributed by atoms with Gasteiger partial charge in [-0.15, -0.1) is 0 Å². The second-order valence-electron chi connectivity index (χ2n) is 10.8. The summed E-state index contributed by atoms with van der Waals surface area (Å²) in [7, 11) is 0. The lowest BCUT2D eigenvalue weighted by Crippen LogP contribution is -2.38. The maximum atomic E-state index is 13.2. The first-order valence-electron chi connectivity index (χ1n) is 14.8. The molecule has 0 aliphatic carbocycles. The van der Waals surface area contributed by atoms with Crippen molar-refractivity contribution in [2.45, 2.75) is 46.0 Å². The fourth-order valence-electron chi connectivity index (χ4n) is 5.35. The molecule has 2 aliphatic rings. The van der Waals surface area contributed by atoms with Gasteiger partial charge in [-0.2, -0.15) is 0 Å². The number of aliphatic imine (C=N–C) groups is 1. The highest BCUT2D eigenvalue weighted by molar-refractivity contribution is 6.07. The standard InChI is InChI=1S/C31H44N8O2/c1-3-13-39(14-4-2)31(41)25-17-23-5-6-24(18-27(23)37-28(33)19-25)30(40)36-26-7-8-29(35-21-26)38-15-9-22(10-16-38)20-34-12-11-32/h5-8,17-18,21-22,34H,3-4,9-16,19-20,32H2,1-2H3,(H2,33,37)(H,36,40). The molecule has 6 N–H and O–H groups in total. The van der Waals surface area contributed by atoms with Crippen LogP contribution in [0, 0.1) is 5.92 Å². The summed E-state index contributed by atoms with van der Waals surface area (Å²) in [5, 5.41) is 6.34. The van der Waals surface area contributed by atoms with Crippen molar-refractivity contribution in [2.75, 3.05) is 56.0 Å². The van der Waals surface area contributed by atoms with Crippen LogP contribution in [0.1, 0.15) is 61.9 Å². The average Bonchev–Trinajstić information content (AvgIpc) is 3.15. The molecule has 41 heavy (non-hydrogen) atoms. The van der Waals surface area contributed by atoms with Crippen LogP contribution in [-0.2, 0) is 4.79 Å². The van der Waals surface area contributed by atoms with E-state index in [0.717, 1.165) is 63.2 Å². The number of amides is 2. The van der Waals surface area contributed by atoms with E-state index >= 15 is 0 Å². The van der Waals surface area contributed by atoms with Crippen LogP contribution >= 0.6 is 0 Å². The maximum Gasteiger partial charge on any atom is 0.255 e. The summed E-state index contributed by atoms with van der Waals surface area (Å²) in [6.07, 6.45) is 7.84. The van der Waals surface area contributed by atoms with Crippen molar-refractivity contribution < 1.29 is 9.59 Å². The van der Waals surface area contributed by atoms with Crippen molar-refractivity contribution in [1.82, 2.24) is 15.2 Å². The Morgan fingerprint density at radius 2 is 1.85 bits per heavy atom. The molecule has 1 fully saturated rings. The Balaban J connectivity index is 1.39. The highest BCUT2D eigenvalue weighted by Gasteiger charge is 2.22. The SMILES string of the molecule is CCCN(CCC)C(=O)C1=Cc2ccc(C(=O)Nc3ccc(N4CCC(CNCCN)CC4)nc3)cc2N=C(N)C1. The lowest BCUT2D eigenvalue weighted by molar-refractivity contribution is -0.127. The van der Waals surface area contributed by atoms with E-state index in [9.17, 15) is 9.59 Å². The number of nitrogens with zero attached hydrogens (tertiary/aromatic N) is 4. The average molecular weight is 561 g/mol. The van der Waals surface area contributed by atoms with Gasteiger partial charge >= 0.3 is 0 Å². The number of carbonyl (C=O) groups excluding carboxylic acids is 2. The second-order valence-corrected chi connectivity index (χ2v) is 10.8. The normalized spacial score (nSPS) is 15.4. The molecule has 0 bridgehead atoms. The number of pyridine rings is 1. The molecule has 3 heterocycles. The first kappa shape index (κ1) is 30.2. The van der Waals surface area contributed by atoms with Crippen molar-refractivity contribution >= 4 is 40.9 Å². The van der Waals surface area contributed by atoms with E-state index in [-0.39, 0.29) is 18.2 Å². The molecule has 0 atom stereocenters. The van der Waals surface area contributed by atoms with Gasteiger partial charge in [0.2, 0.25) is 5.91 Å². The van der Waals surface area contributed by atoms with E-state index in [1.54, 1.807) is 18.3 Å². The van der Waals surface area contributed by atoms with Crippen LogP contribution in [0.15, 0.2) is 47.1 Å². The van der Waals surface area contributed by atoms with Crippen LogP contribution < -0.4 is 27.0 Å². The zero-order valence-corrected chi connectivity index (χ0v) is 24.4. The maximum absolute atomic E-state index is 13.2. The topological polar surface area (TPSA) is 142 Å². The van der Waals surface area contributed by atoms with Crippen molar-refractivity contribution in [2.24, 2.45) is 22.4 Å². The third kappa shape index (κ3) is 8.14. The molecule has 2 amide bonds. The Morgan fingerprint density at radius 1 is 1.10 bits per heavy atom. The molecular formula is C31H44N8O2.